The van der Waals surface area contributed by atoms with Crippen LogP contribution in [0.25, 0.3) is 16.9 Å². The summed E-state index contributed by atoms with van der Waals surface area (Å²) < 4.78 is 2.51. The normalized spacial score (nSPS) is 14.4. The Kier molecular flexibility index (Phi) is 5.99. The van der Waals surface area contributed by atoms with Gasteiger partial charge in [-0.2, -0.15) is 9.61 Å². The average Bonchev–Trinajstić information content (AvgIpc) is 3.38. The van der Waals surface area contributed by atoms with E-state index in [9.17, 15) is 9.90 Å². The molecule has 1 aromatic carbocycles. The van der Waals surface area contributed by atoms with Gasteiger partial charge in [0.25, 0.3) is 0 Å². The smallest absolute Gasteiger partial charge is 0.223 e. The third kappa shape index (κ3) is 4.37. The molecular weight excluding hydrogens is 434 g/mol. The van der Waals surface area contributed by atoms with E-state index < -0.39 is 0 Å². The van der Waals surface area contributed by atoms with E-state index in [0.717, 1.165) is 42.4 Å². The molecule has 1 aliphatic carbocycles. The van der Waals surface area contributed by atoms with Crippen molar-refractivity contribution in [3.63, 3.8) is 0 Å². The van der Waals surface area contributed by atoms with Crippen LogP contribution in [0.5, 0.6) is 5.75 Å². The third-order valence-corrected chi connectivity index (χ3v) is 5.85. The summed E-state index contributed by atoms with van der Waals surface area (Å²) >= 11 is 3.48. The molecule has 0 atom stereocenters. The number of rotatable bonds is 7. The molecule has 7 nitrogen and oxygen atoms in total. The van der Waals surface area contributed by atoms with Gasteiger partial charge in [0, 0.05) is 30.6 Å². The molecule has 2 aromatic heterocycles. The van der Waals surface area contributed by atoms with Gasteiger partial charge in [0.15, 0.2) is 5.65 Å². The van der Waals surface area contributed by atoms with Gasteiger partial charge in [-0.25, -0.2) is 4.98 Å². The van der Waals surface area contributed by atoms with E-state index in [-0.39, 0.29) is 17.6 Å². The highest BCUT2D eigenvalue weighted by atomic mass is 79.9. The van der Waals surface area contributed by atoms with Crippen molar-refractivity contribution >= 4 is 33.3 Å². The first-order chi connectivity index (χ1) is 14.1. The molecule has 0 saturated heterocycles. The number of nitrogens with one attached hydrogen (secondary N) is 2. The molecule has 0 radical (unpaired) electrons. The number of halogens is 1. The second kappa shape index (κ2) is 8.82. The van der Waals surface area contributed by atoms with Crippen molar-refractivity contribution in [2.75, 3.05) is 18.4 Å². The fourth-order valence-corrected chi connectivity index (χ4v) is 4.09. The number of phenols is 1. The lowest BCUT2D eigenvalue weighted by Crippen LogP contribution is -2.30. The van der Waals surface area contributed by atoms with Gasteiger partial charge in [0.2, 0.25) is 5.91 Å². The van der Waals surface area contributed by atoms with Crippen molar-refractivity contribution < 1.29 is 9.90 Å². The van der Waals surface area contributed by atoms with E-state index in [0.29, 0.717) is 30.0 Å². The molecule has 0 aliphatic heterocycles. The van der Waals surface area contributed by atoms with Crippen LogP contribution >= 0.6 is 15.9 Å². The van der Waals surface area contributed by atoms with Gasteiger partial charge in [-0.3, -0.25) is 4.79 Å². The minimum Gasteiger partial charge on any atom is -0.507 e. The first-order valence-corrected chi connectivity index (χ1v) is 10.8. The number of para-hydroxylation sites is 1. The Bertz CT molecular complexity index is 1010. The van der Waals surface area contributed by atoms with Gasteiger partial charge in [-0.15, -0.1) is 0 Å². The molecule has 0 unspecified atom stereocenters. The van der Waals surface area contributed by atoms with Crippen LogP contribution in [0.3, 0.4) is 0 Å². The summed E-state index contributed by atoms with van der Waals surface area (Å²) in [6, 6.07) is 9.00. The van der Waals surface area contributed by atoms with E-state index in [2.05, 4.69) is 36.6 Å². The lowest BCUT2D eigenvalue weighted by molar-refractivity contribution is -0.124. The van der Waals surface area contributed by atoms with Gasteiger partial charge in [-0.05, 0) is 47.3 Å². The monoisotopic (exact) mass is 457 g/mol. The number of aromatic nitrogens is 3. The largest absolute Gasteiger partial charge is 0.507 e. The van der Waals surface area contributed by atoms with E-state index in [1.165, 1.54) is 0 Å². The summed E-state index contributed by atoms with van der Waals surface area (Å²) in [5, 5.41) is 21.0. The Hall–Kier alpha value is -2.61. The molecule has 1 saturated carbocycles. The summed E-state index contributed by atoms with van der Waals surface area (Å²) in [7, 11) is 0. The number of hydrogen-bond donors (Lipinski definition) is 3. The molecule has 1 aliphatic rings. The molecule has 8 heteroatoms. The number of carbonyl (C=O) groups excluding carboxylic acids is 1. The quantitative estimate of drug-likeness (QED) is 0.466. The molecule has 29 heavy (non-hydrogen) atoms. The number of nitrogens with zero attached hydrogens (tertiary/aromatic N) is 3. The van der Waals surface area contributed by atoms with E-state index >= 15 is 0 Å². The number of phenolic OH excluding ortho intramolecular Hbond substituents is 1. The summed E-state index contributed by atoms with van der Waals surface area (Å²) in [6.45, 7) is 1.33. The van der Waals surface area contributed by atoms with Crippen LogP contribution in [-0.4, -0.2) is 38.7 Å². The second-order valence-corrected chi connectivity index (χ2v) is 8.18. The standard InChI is InChI=1S/C21H24BrN5O2/c22-16-13-25-27-19(23-10-5-11-24-21(29)14-6-1-2-7-14)12-17(26-20(16)27)15-8-3-4-9-18(15)28/h3-4,8-9,12-14,23,28H,1-2,5-7,10-11H2,(H,24,29). The molecule has 3 N–H and O–H groups in total. The molecule has 0 bridgehead atoms. The number of hydrogen-bond acceptors (Lipinski definition) is 5. The number of benzene rings is 1. The highest BCUT2D eigenvalue weighted by Gasteiger charge is 2.21. The van der Waals surface area contributed by atoms with Crippen LogP contribution in [0.1, 0.15) is 32.1 Å². The fraction of sp³-hybridized carbons (Fsp3) is 0.381. The van der Waals surface area contributed by atoms with Crippen molar-refractivity contribution in [3.05, 3.63) is 41.0 Å². The van der Waals surface area contributed by atoms with E-state index in [1.807, 2.05) is 18.2 Å². The van der Waals surface area contributed by atoms with Crippen molar-refractivity contribution in [2.24, 2.45) is 5.92 Å². The van der Waals surface area contributed by atoms with Gasteiger partial charge >= 0.3 is 0 Å². The molecule has 2 heterocycles. The first-order valence-electron chi connectivity index (χ1n) is 9.97. The molecule has 3 aromatic rings. The second-order valence-electron chi connectivity index (χ2n) is 7.32. The SMILES string of the molecule is O=C(NCCCNc1cc(-c2ccccc2O)nc2c(Br)cnn12)C1CCCC1. The Balaban J connectivity index is 1.44. The van der Waals surface area contributed by atoms with E-state index in [1.54, 1.807) is 22.8 Å². The van der Waals surface area contributed by atoms with E-state index in [4.69, 9.17) is 0 Å². The number of aromatic hydroxyl groups is 1. The summed E-state index contributed by atoms with van der Waals surface area (Å²) in [5.41, 5.74) is 1.99. The number of fused-ring (bicyclic) bond motifs is 1. The van der Waals surface area contributed by atoms with Crippen molar-refractivity contribution in [1.29, 1.82) is 0 Å². The molecule has 1 fully saturated rings. The van der Waals surface area contributed by atoms with Crippen LogP contribution in [0.2, 0.25) is 0 Å². The maximum Gasteiger partial charge on any atom is 0.223 e. The predicted octanol–water partition coefficient (Wildman–Crippen LogP) is 3.97. The van der Waals surface area contributed by atoms with Crippen LogP contribution in [0.15, 0.2) is 41.0 Å². The lowest BCUT2D eigenvalue weighted by atomic mass is 10.1. The van der Waals surface area contributed by atoms with Crippen molar-refractivity contribution in [2.45, 2.75) is 32.1 Å². The van der Waals surface area contributed by atoms with Crippen molar-refractivity contribution in [3.8, 4) is 17.0 Å². The Morgan fingerprint density at radius 1 is 1.24 bits per heavy atom. The minimum atomic E-state index is 0.181. The zero-order valence-electron chi connectivity index (χ0n) is 16.1. The topological polar surface area (TPSA) is 91.5 Å². The summed E-state index contributed by atoms with van der Waals surface area (Å²) in [5.74, 6) is 1.35. The lowest BCUT2D eigenvalue weighted by Gasteiger charge is -2.13. The average molecular weight is 458 g/mol. The summed E-state index contributed by atoms with van der Waals surface area (Å²) in [4.78, 5) is 16.7. The third-order valence-electron chi connectivity index (χ3n) is 5.29. The van der Waals surface area contributed by atoms with Crippen molar-refractivity contribution in [1.82, 2.24) is 19.9 Å². The van der Waals surface area contributed by atoms with Gasteiger partial charge in [0.1, 0.15) is 11.6 Å². The maximum atomic E-state index is 12.1. The maximum absolute atomic E-state index is 12.1. The van der Waals surface area contributed by atoms with Gasteiger partial charge < -0.3 is 15.7 Å². The van der Waals surface area contributed by atoms with Crippen LogP contribution in [0, 0.1) is 5.92 Å². The first kappa shape index (κ1) is 19.7. The van der Waals surface area contributed by atoms with Crippen LogP contribution < -0.4 is 10.6 Å². The highest BCUT2D eigenvalue weighted by molar-refractivity contribution is 9.10. The Morgan fingerprint density at radius 3 is 2.83 bits per heavy atom. The van der Waals surface area contributed by atoms with Crippen LogP contribution in [0.4, 0.5) is 5.82 Å². The zero-order valence-corrected chi connectivity index (χ0v) is 17.7. The number of amides is 1. The number of anilines is 1. The minimum absolute atomic E-state index is 0.181. The predicted molar refractivity (Wildman–Crippen MR) is 116 cm³/mol. The van der Waals surface area contributed by atoms with Gasteiger partial charge in [0.05, 0.1) is 16.4 Å². The molecule has 4 rings (SSSR count). The molecule has 0 spiro atoms. The molecule has 152 valence electrons. The van der Waals surface area contributed by atoms with Gasteiger partial charge in [-0.1, -0.05) is 25.0 Å². The zero-order chi connectivity index (χ0) is 20.2. The number of carbonyl (C=O) groups is 1. The molecular formula is C21H24BrN5O2. The molecule has 1 amide bonds. The van der Waals surface area contributed by atoms with Crippen LogP contribution in [-0.2, 0) is 4.79 Å². The summed E-state index contributed by atoms with van der Waals surface area (Å²) in [6.07, 6.45) is 6.86. The Morgan fingerprint density at radius 2 is 2.03 bits per heavy atom. The fourth-order valence-electron chi connectivity index (χ4n) is 3.74. The Labute approximate surface area is 177 Å². The highest BCUT2D eigenvalue weighted by Crippen LogP contribution is 2.31.